The summed E-state index contributed by atoms with van der Waals surface area (Å²) in [6.45, 7) is 1.26. The monoisotopic (exact) mass is 273 g/mol. The Morgan fingerprint density at radius 3 is 2.60 bits per heavy atom. The first-order chi connectivity index (χ1) is 9.75. The Labute approximate surface area is 120 Å². The van der Waals surface area contributed by atoms with Crippen LogP contribution in [0.3, 0.4) is 0 Å². The van der Waals surface area contributed by atoms with Crippen LogP contribution in [0, 0.1) is 0 Å². The maximum atomic E-state index is 10.1. The largest absolute Gasteiger partial charge is 0.504 e. The van der Waals surface area contributed by atoms with Crippen molar-refractivity contribution in [3.05, 3.63) is 23.3 Å². The zero-order chi connectivity index (χ0) is 13.7. The quantitative estimate of drug-likeness (QED) is 0.773. The van der Waals surface area contributed by atoms with E-state index in [9.17, 15) is 10.2 Å². The molecule has 0 bridgehead atoms. The van der Waals surface area contributed by atoms with E-state index in [-0.39, 0.29) is 11.5 Å². The third-order valence-electron chi connectivity index (χ3n) is 5.75. The molecule has 3 heteroatoms. The topological polar surface area (TPSA) is 43.7 Å². The molecule has 0 aromatic heterocycles. The minimum Gasteiger partial charge on any atom is -0.504 e. The number of phenols is 2. The smallest absolute Gasteiger partial charge is 0.160 e. The highest BCUT2D eigenvalue weighted by molar-refractivity contribution is 5.51. The van der Waals surface area contributed by atoms with E-state index < -0.39 is 0 Å². The van der Waals surface area contributed by atoms with E-state index >= 15 is 0 Å². The molecule has 0 spiro atoms. The van der Waals surface area contributed by atoms with E-state index in [1.807, 2.05) is 6.07 Å². The fraction of sp³-hybridized carbons (Fsp3) is 0.647. The number of nitrogens with zero attached hydrogens (tertiary/aromatic N) is 1. The Kier molecular flexibility index (Phi) is 2.92. The SMILES string of the molecule is Oc1ccc2c(c1O)CCC1C2CCCN1C1CCC1. The van der Waals surface area contributed by atoms with Crippen LogP contribution in [0.5, 0.6) is 11.5 Å². The molecule has 3 aliphatic rings. The third-order valence-corrected chi connectivity index (χ3v) is 5.75. The van der Waals surface area contributed by atoms with Crippen molar-refractivity contribution >= 4 is 0 Å². The molecule has 20 heavy (non-hydrogen) atoms. The Balaban J connectivity index is 1.68. The second-order valence-corrected chi connectivity index (χ2v) is 6.68. The lowest BCUT2D eigenvalue weighted by Crippen LogP contribution is -2.53. The van der Waals surface area contributed by atoms with Crippen LogP contribution in [0.15, 0.2) is 12.1 Å². The van der Waals surface area contributed by atoms with E-state index in [0.29, 0.717) is 12.0 Å². The lowest BCUT2D eigenvalue weighted by Gasteiger charge is -2.50. The molecule has 1 heterocycles. The van der Waals surface area contributed by atoms with Crippen molar-refractivity contribution in [2.24, 2.45) is 0 Å². The van der Waals surface area contributed by atoms with Crippen molar-refractivity contribution in [1.29, 1.82) is 0 Å². The van der Waals surface area contributed by atoms with Crippen molar-refractivity contribution in [3.63, 3.8) is 0 Å². The molecule has 0 amide bonds. The van der Waals surface area contributed by atoms with Crippen molar-refractivity contribution < 1.29 is 10.2 Å². The molecular weight excluding hydrogens is 250 g/mol. The van der Waals surface area contributed by atoms with E-state index in [1.165, 1.54) is 44.2 Å². The first kappa shape index (κ1) is 12.5. The first-order valence-electron chi connectivity index (χ1n) is 8.05. The zero-order valence-corrected chi connectivity index (χ0v) is 11.9. The molecular formula is C17H23NO2. The van der Waals surface area contributed by atoms with Crippen LogP contribution in [0.2, 0.25) is 0 Å². The number of likely N-dealkylation sites (tertiary alicyclic amines) is 1. The molecule has 3 nitrogen and oxygen atoms in total. The van der Waals surface area contributed by atoms with Gasteiger partial charge in [-0.25, -0.2) is 0 Å². The summed E-state index contributed by atoms with van der Waals surface area (Å²) in [5.74, 6) is 0.718. The second-order valence-electron chi connectivity index (χ2n) is 6.68. The number of aromatic hydroxyl groups is 2. The maximum Gasteiger partial charge on any atom is 0.160 e. The number of fused-ring (bicyclic) bond motifs is 3. The van der Waals surface area contributed by atoms with Gasteiger partial charge in [-0.2, -0.15) is 0 Å². The molecule has 2 fully saturated rings. The van der Waals surface area contributed by atoms with E-state index in [0.717, 1.165) is 24.4 Å². The minimum absolute atomic E-state index is 0.0360. The van der Waals surface area contributed by atoms with Gasteiger partial charge >= 0.3 is 0 Å². The standard InChI is InChI=1S/C17H23NO2/c19-16-9-7-12-13-5-2-10-18(11-3-1-4-11)15(13)8-6-14(12)17(16)20/h7,9,11,13,15,19-20H,1-6,8,10H2. The van der Waals surface area contributed by atoms with Gasteiger partial charge in [0.1, 0.15) is 0 Å². The van der Waals surface area contributed by atoms with Crippen LogP contribution >= 0.6 is 0 Å². The Hall–Kier alpha value is -1.22. The Morgan fingerprint density at radius 2 is 1.85 bits per heavy atom. The van der Waals surface area contributed by atoms with Crippen molar-refractivity contribution in [3.8, 4) is 11.5 Å². The van der Waals surface area contributed by atoms with Crippen LogP contribution in [0.4, 0.5) is 0 Å². The van der Waals surface area contributed by atoms with Gasteiger partial charge < -0.3 is 10.2 Å². The number of piperidine rings is 1. The first-order valence-corrected chi connectivity index (χ1v) is 8.05. The molecule has 1 aromatic carbocycles. The van der Waals surface area contributed by atoms with E-state index in [1.54, 1.807) is 6.07 Å². The molecule has 1 aliphatic heterocycles. The van der Waals surface area contributed by atoms with Crippen LogP contribution in [-0.2, 0) is 6.42 Å². The molecule has 1 saturated carbocycles. The summed E-state index contributed by atoms with van der Waals surface area (Å²) in [6.07, 6.45) is 8.66. The average Bonchev–Trinajstić information content (AvgIpc) is 2.41. The molecule has 2 aliphatic carbocycles. The van der Waals surface area contributed by atoms with Gasteiger partial charge in [-0.1, -0.05) is 12.5 Å². The molecule has 0 radical (unpaired) electrons. The highest BCUT2D eigenvalue weighted by atomic mass is 16.3. The highest BCUT2D eigenvalue weighted by Gasteiger charge is 2.41. The van der Waals surface area contributed by atoms with Crippen molar-refractivity contribution in [2.45, 2.75) is 62.9 Å². The lowest BCUT2D eigenvalue weighted by atomic mass is 9.72. The number of benzene rings is 1. The van der Waals surface area contributed by atoms with Gasteiger partial charge in [-0.05, 0) is 62.6 Å². The van der Waals surface area contributed by atoms with Gasteiger partial charge in [-0.3, -0.25) is 4.90 Å². The molecule has 1 aromatic rings. The summed E-state index contributed by atoms with van der Waals surface area (Å²) >= 11 is 0. The summed E-state index contributed by atoms with van der Waals surface area (Å²) in [7, 11) is 0. The number of hydrogen-bond donors (Lipinski definition) is 2. The van der Waals surface area contributed by atoms with E-state index in [2.05, 4.69) is 4.90 Å². The van der Waals surface area contributed by atoms with Gasteiger partial charge in [0.2, 0.25) is 0 Å². The van der Waals surface area contributed by atoms with Gasteiger partial charge in [0.15, 0.2) is 11.5 Å². The van der Waals surface area contributed by atoms with Crippen LogP contribution in [-0.4, -0.2) is 33.7 Å². The number of phenolic OH excluding ortho intramolecular Hbond substituents is 2. The van der Waals surface area contributed by atoms with Gasteiger partial charge in [0.25, 0.3) is 0 Å². The van der Waals surface area contributed by atoms with Gasteiger partial charge in [-0.15, -0.1) is 0 Å². The lowest BCUT2D eigenvalue weighted by molar-refractivity contribution is 0.0308. The van der Waals surface area contributed by atoms with Crippen LogP contribution in [0.1, 0.15) is 55.6 Å². The van der Waals surface area contributed by atoms with Gasteiger partial charge in [0, 0.05) is 17.6 Å². The van der Waals surface area contributed by atoms with Crippen LogP contribution in [0.25, 0.3) is 0 Å². The molecule has 2 atom stereocenters. The zero-order valence-electron chi connectivity index (χ0n) is 11.9. The fourth-order valence-electron chi connectivity index (χ4n) is 4.53. The van der Waals surface area contributed by atoms with E-state index in [4.69, 9.17) is 0 Å². The molecule has 108 valence electrons. The highest BCUT2D eigenvalue weighted by Crippen LogP contribution is 2.47. The van der Waals surface area contributed by atoms with Crippen LogP contribution < -0.4 is 0 Å². The Morgan fingerprint density at radius 1 is 1.00 bits per heavy atom. The molecule has 4 rings (SSSR count). The molecule has 2 unspecified atom stereocenters. The van der Waals surface area contributed by atoms with Crippen molar-refractivity contribution in [1.82, 2.24) is 4.90 Å². The predicted octanol–water partition coefficient (Wildman–Crippen LogP) is 3.14. The number of hydrogen-bond acceptors (Lipinski definition) is 3. The average molecular weight is 273 g/mol. The molecule has 1 saturated heterocycles. The maximum absolute atomic E-state index is 10.1. The third kappa shape index (κ3) is 1.76. The summed E-state index contributed by atoms with van der Waals surface area (Å²) in [6, 6.07) is 5.19. The Bertz CT molecular complexity index is 524. The normalized spacial score (nSPS) is 30.4. The minimum atomic E-state index is 0.0360. The summed E-state index contributed by atoms with van der Waals surface area (Å²) < 4.78 is 0. The summed E-state index contributed by atoms with van der Waals surface area (Å²) in [5.41, 5.74) is 2.29. The predicted molar refractivity (Wildman–Crippen MR) is 78.2 cm³/mol. The number of rotatable bonds is 1. The summed E-state index contributed by atoms with van der Waals surface area (Å²) in [5, 5.41) is 19.8. The second kappa shape index (κ2) is 4.66. The van der Waals surface area contributed by atoms with Gasteiger partial charge in [0.05, 0.1) is 0 Å². The molecule has 2 N–H and O–H groups in total. The summed E-state index contributed by atoms with van der Waals surface area (Å²) in [4.78, 5) is 2.75. The van der Waals surface area contributed by atoms with Crippen molar-refractivity contribution in [2.75, 3.05) is 6.54 Å². The fourth-order valence-corrected chi connectivity index (χ4v) is 4.53.